The van der Waals surface area contributed by atoms with Crippen molar-refractivity contribution >= 4 is 12.1 Å². The number of rotatable bonds is 4. The number of amides is 1. The van der Waals surface area contributed by atoms with Gasteiger partial charge in [0.1, 0.15) is 12.4 Å². The summed E-state index contributed by atoms with van der Waals surface area (Å²) in [7, 11) is 0. The summed E-state index contributed by atoms with van der Waals surface area (Å²) in [6.45, 7) is 0.0554. The molecule has 6 nitrogen and oxygen atoms in total. The second kappa shape index (κ2) is 7.32. The normalized spacial score (nSPS) is 18.8. The van der Waals surface area contributed by atoms with E-state index in [0.717, 1.165) is 6.21 Å². The smallest absolute Gasteiger partial charge is 0.438 e. The molecule has 1 N–H and O–H groups in total. The van der Waals surface area contributed by atoms with Crippen LogP contribution in [-0.2, 0) is 6.61 Å². The van der Waals surface area contributed by atoms with Gasteiger partial charge in [-0.3, -0.25) is 4.79 Å². The first-order chi connectivity index (χ1) is 13.2. The molecule has 144 valence electrons. The molecule has 0 bridgehead atoms. The van der Waals surface area contributed by atoms with E-state index in [1.54, 1.807) is 30.3 Å². The van der Waals surface area contributed by atoms with Crippen molar-refractivity contribution in [2.24, 2.45) is 5.10 Å². The van der Waals surface area contributed by atoms with Crippen molar-refractivity contribution < 1.29 is 27.8 Å². The number of alkyl halides is 3. The molecule has 3 rings (SSSR count). The molecule has 0 fully saturated rings. The van der Waals surface area contributed by atoms with Crippen LogP contribution in [0.3, 0.4) is 0 Å². The lowest BCUT2D eigenvalue weighted by molar-refractivity contribution is -0.297. The number of nitriles is 1. The minimum Gasteiger partial charge on any atom is -0.489 e. The number of carbonyl (C=O) groups excluding carboxylic acids is 1. The highest BCUT2D eigenvalue weighted by Crippen LogP contribution is 2.39. The summed E-state index contributed by atoms with van der Waals surface area (Å²) >= 11 is 0. The van der Waals surface area contributed by atoms with Gasteiger partial charge in [0.2, 0.25) is 0 Å². The molecule has 0 radical (unpaired) electrons. The predicted octanol–water partition coefficient (Wildman–Crippen LogP) is 3.22. The van der Waals surface area contributed by atoms with E-state index in [2.05, 4.69) is 5.10 Å². The van der Waals surface area contributed by atoms with Crippen molar-refractivity contribution in [1.82, 2.24) is 5.01 Å². The van der Waals surface area contributed by atoms with Gasteiger partial charge in [-0.1, -0.05) is 12.1 Å². The number of benzene rings is 2. The summed E-state index contributed by atoms with van der Waals surface area (Å²) in [4.78, 5) is 12.5. The average molecular weight is 389 g/mol. The Bertz CT molecular complexity index is 951. The number of ether oxygens (including phenoxy) is 1. The fraction of sp³-hybridized carbons (Fsp3) is 0.211. The standard InChI is InChI=1S/C19H14F3N3O3/c20-19(21,22)18(27)8-9-24-25(18)17(26)15-3-1-2-14(10-15)12-28-16-6-4-13(11-23)5-7-16/h1-7,9-10,27H,8,12H2/t18-/m0/s1. The van der Waals surface area contributed by atoms with Crippen LogP contribution in [-0.4, -0.2) is 34.1 Å². The maximum Gasteiger partial charge on any atom is 0.438 e. The quantitative estimate of drug-likeness (QED) is 0.870. The second-order valence-electron chi connectivity index (χ2n) is 6.06. The molecule has 0 aromatic heterocycles. The Balaban J connectivity index is 1.74. The first-order valence-electron chi connectivity index (χ1n) is 8.12. The summed E-state index contributed by atoms with van der Waals surface area (Å²) in [6.07, 6.45) is -5.03. The van der Waals surface area contributed by atoms with Crippen LogP contribution in [0.4, 0.5) is 13.2 Å². The van der Waals surface area contributed by atoms with E-state index in [9.17, 15) is 23.1 Å². The average Bonchev–Trinajstić information content (AvgIpc) is 3.09. The number of hydrazone groups is 1. The zero-order chi connectivity index (χ0) is 20.4. The van der Waals surface area contributed by atoms with Crippen LogP contribution in [0.2, 0.25) is 0 Å². The van der Waals surface area contributed by atoms with Gasteiger partial charge in [-0.15, -0.1) is 0 Å². The van der Waals surface area contributed by atoms with E-state index < -0.39 is 24.2 Å². The number of hydrogen-bond donors (Lipinski definition) is 1. The molecule has 9 heteroatoms. The fourth-order valence-electron chi connectivity index (χ4n) is 2.60. The van der Waals surface area contributed by atoms with Gasteiger partial charge in [0.25, 0.3) is 11.6 Å². The van der Waals surface area contributed by atoms with Crippen molar-refractivity contribution in [2.45, 2.75) is 24.9 Å². The number of nitrogens with zero attached hydrogens (tertiary/aromatic N) is 3. The van der Waals surface area contributed by atoms with E-state index in [1.165, 1.54) is 18.2 Å². The molecule has 2 aromatic rings. The van der Waals surface area contributed by atoms with Crippen LogP contribution in [0.25, 0.3) is 0 Å². The molecular weight excluding hydrogens is 375 g/mol. The van der Waals surface area contributed by atoms with Crippen molar-refractivity contribution in [3.05, 3.63) is 65.2 Å². The topological polar surface area (TPSA) is 85.9 Å². The monoisotopic (exact) mass is 389 g/mol. The Hall–Kier alpha value is -3.38. The van der Waals surface area contributed by atoms with Crippen molar-refractivity contribution in [3.8, 4) is 11.8 Å². The molecule has 1 amide bonds. The zero-order valence-corrected chi connectivity index (χ0v) is 14.3. The third-order valence-corrected chi connectivity index (χ3v) is 4.13. The van der Waals surface area contributed by atoms with Gasteiger partial charge in [-0.05, 0) is 42.0 Å². The van der Waals surface area contributed by atoms with Crippen LogP contribution < -0.4 is 4.74 Å². The van der Waals surface area contributed by atoms with E-state index in [1.807, 2.05) is 6.07 Å². The largest absolute Gasteiger partial charge is 0.489 e. The highest BCUT2D eigenvalue weighted by atomic mass is 19.4. The maximum atomic E-state index is 13.1. The van der Waals surface area contributed by atoms with Crippen molar-refractivity contribution in [1.29, 1.82) is 5.26 Å². The molecular formula is C19H14F3N3O3. The SMILES string of the molecule is N#Cc1ccc(OCc2cccc(C(=O)N3N=CC[C@]3(O)C(F)(F)F)c2)cc1. The summed E-state index contributed by atoms with van der Waals surface area (Å²) in [5.74, 6) is -0.583. The van der Waals surface area contributed by atoms with E-state index in [-0.39, 0.29) is 17.2 Å². The zero-order valence-electron chi connectivity index (χ0n) is 14.3. The molecule has 2 aromatic carbocycles. The molecule has 0 aliphatic carbocycles. The lowest BCUT2D eigenvalue weighted by atomic mass is 10.1. The summed E-state index contributed by atoms with van der Waals surface area (Å²) in [5.41, 5.74) is -2.42. The van der Waals surface area contributed by atoms with Gasteiger partial charge in [-0.2, -0.15) is 28.5 Å². The number of halogens is 3. The summed E-state index contributed by atoms with van der Waals surface area (Å²) in [6, 6.07) is 14.2. The minimum atomic E-state index is -5.05. The first kappa shape index (κ1) is 19.4. The molecule has 0 unspecified atom stereocenters. The molecule has 0 saturated carbocycles. The van der Waals surface area contributed by atoms with Gasteiger partial charge in [0.05, 0.1) is 11.6 Å². The first-order valence-corrected chi connectivity index (χ1v) is 8.12. The summed E-state index contributed by atoms with van der Waals surface area (Å²) < 4.78 is 45.0. The lowest BCUT2D eigenvalue weighted by Gasteiger charge is -2.32. The molecule has 1 atom stereocenters. The summed E-state index contributed by atoms with van der Waals surface area (Å²) in [5, 5.41) is 22.1. The molecule has 28 heavy (non-hydrogen) atoms. The van der Waals surface area contributed by atoms with Crippen LogP contribution in [0.1, 0.15) is 27.9 Å². The Kier molecular flexibility index (Phi) is 5.07. The molecule has 0 spiro atoms. The Morgan fingerprint density at radius 2 is 2.00 bits per heavy atom. The van der Waals surface area contributed by atoms with Crippen LogP contribution in [0, 0.1) is 11.3 Å². The third kappa shape index (κ3) is 3.68. The van der Waals surface area contributed by atoms with Gasteiger partial charge >= 0.3 is 6.18 Å². The highest BCUT2D eigenvalue weighted by Gasteiger charge is 2.61. The van der Waals surface area contributed by atoms with Crippen LogP contribution in [0.15, 0.2) is 53.6 Å². The molecule has 1 aliphatic heterocycles. The predicted molar refractivity (Wildman–Crippen MR) is 92.2 cm³/mol. The van der Waals surface area contributed by atoms with Crippen molar-refractivity contribution in [3.63, 3.8) is 0 Å². The fourth-order valence-corrected chi connectivity index (χ4v) is 2.60. The number of hydrogen-bond acceptors (Lipinski definition) is 5. The highest BCUT2D eigenvalue weighted by molar-refractivity contribution is 5.96. The number of aliphatic hydroxyl groups is 1. The minimum absolute atomic E-state index is 0.0492. The van der Waals surface area contributed by atoms with Gasteiger partial charge in [0.15, 0.2) is 0 Å². The van der Waals surface area contributed by atoms with E-state index in [4.69, 9.17) is 10.00 Å². The van der Waals surface area contributed by atoms with E-state index >= 15 is 0 Å². The maximum absolute atomic E-state index is 13.1. The third-order valence-electron chi connectivity index (χ3n) is 4.13. The van der Waals surface area contributed by atoms with Crippen molar-refractivity contribution in [2.75, 3.05) is 0 Å². The molecule has 1 aliphatic rings. The molecule has 0 saturated heterocycles. The van der Waals surface area contributed by atoms with Gasteiger partial charge < -0.3 is 9.84 Å². The number of carbonyl (C=O) groups is 1. The Morgan fingerprint density at radius 1 is 1.29 bits per heavy atom. The molecule has 1 heterocycles. The van der Waals surface area contributed by atoms with Gasteiger partial charge in [0, 0.05) is 18.2 Å². The Labute approximate surface area is 158 Å². The Morgan fingerprint density at radius 3 is 2.64 bits per heavy atom. The lowest BCUT2D eigenvalue weighted by Crippen LogP contribution is -2.56. The second-order valence-corrected chi connectivity index (χ2v) is 6.06. The van der Waals surface area contributed by atoms with Crippen LogP contribution in [0.5, 0.6) is 5.75 Å². The van der Waals surface area contributed by atoms with Crippen LogP contribution >= 0.6 is 0 Å². The van der Waals surface area contributed by atoms with Gasteiger partial charge in [-0.25, -0.2) is 0 Å². The van der Waals surface area contributed by atoms with E-state index in [0.29, 0.717) is 16.9 Å².